The van der Waals surface area contributed by atoms with Gasteiger partial charge < -0.3 is 14.4 Å². The van der Waals surface area contributed by atoms with Crippen molar-refractivity contribution in [2.45, 2.75) is 13.8 Å². The highest BCUT2D eigenvalue weighted by Gasteiger charge is 2.14. The molecule has 0 fully saturated rings. The smallest absolute Gasteiger partial charge is 0.260 e. The first-order valence-corrected chi connectivity index (χ1v) is 7.87. The lowest BCUT2D eigenvalue weighted by Gasteiger charge is -2.19. The maximum absolute atomic E-state index is 11.9. The first kappa shape index (κ1) is 17.5. The number of ketones is 1. The monoisotopic (exact) mass is 357 g/mol. The molecule has 1 aromatic carbocycles. The van der Waals surface area contributed by atoms with Crippen molar-refractivity contribution in [1.29, 1.82) is 0 Å². The first-order valence-electron chi connectivity index (χ1n) is 6.75. The van der Waals surface area contributed by atoms with Gasteiger partial charge in [-0.05, 0) is 32.0 Å². The first-order chi connectivity index (χ1) is 10.1. The number of likely N-dealkylation sites (N-methyl/N-ethyl adjacent to an activating group) is 1. The van der Waals surface area contributed by atoms with Gasteiger partial charge in [-0.15, -0.1) is 0 Å². The Kier molecular flexibility index (Phi) is 7.22. The average Bonchev–Trinajstić information content (AvgIpc) is 2.53. The van der Waals surface area contributed by atoms with Crippen LogP contribution >= 0.6 is 15.9 Å². The molecular formula is C15H20BrNO4. The number of hydrogen-bond acceptors (Lipinski definition) is 4. The van der Waals surface area contributed by atoms with Crippen LogP contribution in [0.15, 0.2) is 18.2 Å². The molecule has 5 nitrogen and oxygen atoms in total. The Morgan fingerprint density at radius 3 is 2.38 bits per heavy atom. The highest BCUT2D eigenvalue weighted by molar-refractivity contribution is 9.09. The number of Topliss-reactive ketones (excluding diaryl/α,β-unsaturated/α-hetero) is 1. The lowest BCUT2D eigenvalue weighted by atomic mass is 10.1. The van der Waals surface area contributed by atoms with E-state index in [0.29, 0.717) is 30.2 Å². The summed E-state index contributed by atoms with van der Waals surface area (Å²) in [5.74, 6) is 0.764. The van der Waals surface area contributed by atoms with Gasteiger partial charge in [0.2, 0.25) is 0 Å². The second kappa shape index (κ2) is 8.67. The molecule has 0 unspecified atom stereocenters. The van der Waals surface area contributed by atoms with Gasteiger partial charge in [-0.3, -0.25) is 9.59 Å². The number of rotatable bonds is 8. The number of halogens is 1. The van der Waals surface area contributed by atoms with E-state index in [-0.39, 0.29) is 23.6 Å². The van der Waals surface area contributed by atoms with Crippen LogP contribution in [0.1, 0.15) is 24.2 Å². The molecule has 6 heteroatoms. The summed E-state index contributed by atoms with van der Waals surface area (Å²) in [5, 5.41) is 0.247. The van der Waals surface area contributed by atoms with Crippen molar-refractivity contribution in [1.82, 2.24) is 4.90 Å². The minimum atomic E-state index is -0.0809. The van der Waals surface area contributed by atoms with Crippen molar-refractivity contribution in [3.05, 3.63) is 23.8 Å². The SMILES string of the molecule is CCN(CC)C(=O)COc1ccc(C(=O)CBr)cc1OC. The summed E-state index contributed by atoms with van der Waals surface area (Å²) < 4.78 is 10.7. The molecule has 0 aliphatic heterocycles. The zero-order valence-electron chi connectivity index (χ0n) is 12.5. The fourth-order valence-electron chi connectivity index (χ4n) is 1.84. The van der Waals surface area contributed by atoms with Crippen molar-refractivity contribution in [2.75, 3.05) is 32.1 Å². The van der Waals surface area contributed by atoms with Crippen LogP contribution in [0.3, 0.4) is 0 Å². The summed E-state index contributed by atoms with van der Waals surface area (Å²) in [5.41, 5.74) is 0.533. The molecule has 0 spiro atoms. The number of alkyl halides is 1. The van der Waals surface area contributed by atoms with Crippen LogP contribution in [0, 0.1) is 0 Å². The van der Waals surface area contributed by atoms with E-state index in [1.807, 2.05) is 13.8 Å². The van der Waals surface area contributed by atoms with E-state index in [4.69, 9.17) is 9.47 Å². The molecule has 0 saturated heterocycles. The Morgan fingerprint density at radius 2 is 1.86 bits per heavy atom. The van der Waals surface area contributed by atoms with Gasteiger partial charge in [0.05, 0.1) is 12.4 Å². The molecule has 1 rings (SSSR count). The number of nitrogens with zero attached hydrogens (tertiary/aromatic N) is 1. The van der Waals surface area contributed by atoms with E-state index in [0.717, 1.165) is 0 Å². The minimum absolute atomic E-state index is 0.0425. The molecule has 0 saturated carbocycles. The molecule has 0 atom stereocenters. The second-order valence-corrected chi connectivity index (χ2v) is 4.84. The Hall–Kier alpha value is -1.56. The quantitative estimate of drug-likeness (QED) is 0.529. The Bertz CT molecular complexity index is 500. The molecule has 0 heterocycles. The standard InChI is InChI=1S/C15H20BrNO4/c1-4-17(5-2)15(19)10-21-13-7-6-11(12(18)9-16)8-14(13)20-3/h6-8H,4-5,9-10H2,1-3H3. The molecule has 0 aliphatic carbocycles. The number of carbonyl (C=O) groups is 2. The topological polar surface area (TPSA) is 55.8 Å². The molecule has 0 radical (unpaired) electrons. The number of hydrogen-bond donors (Lipinski definition) is 0. The largest absolute Gasteiger partial charge is 0.493 e. The van der Waals surface area contributed by atoms with Gasteiger partial charge in [-0.2, -0.15) is 0 Å². The maximum atomic E-state index is 11.9. The summed E-state index contributed by atoms with van der Waals surface area (Å²) in [6.45, 7) is 5.08. The van der Waals surface area contributed by atoms with E-state index >= 15 is 0 Å². The van der Waals surface area contributed by atoms with Gasteiger partial charge in [0.25, 0.3) is 5.91 Å². The summed E-state index contributed by atoms with van der Waals surface area (Å²) in [6, 6.07) is 4.91. The van der Waals surface area contributed by atoms with Crippen molar-refractivity contribution in [3.8, 4) is 11.5 Å². The van der Waals surface area contributed by atoms with Crippen molar-refractivity contribution in [3.63, 3.8) is 0 Å². The highest BCUT2D eigenvalue weighted by Crippen LogP contribution is 2.28. The van der Waals surface area contributed by atoms with Gasteiger partial charge in [0.1, 0.15) is 0 Å². The van der Waals surface area contributed by atoms with E-state index < -0.39 is 0 Å². The number of carbonyl (C=O) groups excluding carboxylic acids is 2. The molecule has 0 N–H and O–H groups in total. The third kappa shape index (κ3) is 4.74. The lowest BCUT2D eigenvalue weighted by molar-refractivity contribution is -0.132. The molecule has 0 aliphatic rings. The molecule has 1 aromatic rings. The van der Waals surface area contributed by atoms with E-state index in [1.165, 1.54) is 7.11 Å². The Labute approximate surface area is 133 Å². The van der Waals surface area contributed by atoms with Crippen LogP contribution in [0.4, 0.5) is 0 Å². The highest BCUT2D eigenvalue weighted by atomic mass is 79.9. The Morgan fingerprint density at radius 1 is 1.19 bits per heavy atom. The van der Waals surface area contributed by atoms with E-state index in [1.54, 1.807) is 23.1 Å². The van der Waals surface area contributed by atoms with Gasteiger partial charge in [-0.1, -0.05) is 15.9 Å². The average molecular weight is 358 g/mol. The van der Waals surface area contributed by atoms with Crippen LogP contribution < -0.4 is 9.47 Å². The summed E-state index contributed by atoms with van der Waals surface area (Å²) >= 11 is 3.13. The van der Waals surface area contributed by atoms with Crippen molar-refractivity contribution in [2.24, 2.45) is 0 Å². The fraction of sp³-hybridized carbons (Fsp3) is 0.467. The number of ether oxygens (including phenoxy) is 2. The normalized spacial score (nSPS) is 10.1. The fourth-order valence-corrected chi connectivity index (χ4v) is 2.17. The molecule has 0 aromatic heterocycles. The van der Waals surface area contributed by atoms with Crippen LogP contribution in [-0.2, 0) is 4.79 Å². The maximum Gasteiger partial charge on any atom is 0.260 e. The third-order valence-electron chi connectivity index (χ3n) is 3.07. The summed E-state index contributed by atoms with van der Waals surface area (Å²) in [4.78, 5) is 25.2. The second-order valence-electron chi connectivity index (χ2n) is 4.28. The predicted octanol–water partition coefficient (Wildman–Crippen LogP) is 2.52. The molecule has 116 valence electrons. The lowest BCUT2D eigenvalue weighted by Crippen LogP contribution is -2.34. The van der Waals surface area contributed by atoms with Crippen molar-refractivity contribution >= 4 is 27.6 Å². The number of benzene rings is 1. The minimum Gasteiger partial charge on any atom is -0.493 e. The summed E-state index contributed by atoms with van der Waals surface area (Å²) in [7, 11) is 1.50. The van der Waals surface area contributed by atoms with Crippen LogP contribution in [0.25, 0.3) is 0 Å². The molecule has 0 bridgehead atoms. The molecule has 1 amide bonds. The van der Waals surface area contributed by atoms with Crippen LogP contribution in [0.2, 0.25) is 0 Å². The zero-order valence-corrected chi connectivity index (χ0v) is 14.1. The van der Waals surface area contributed by atoms with E-state index in [2.05, 4.69) is 15.9 Å². The molecule has 21 heavy (non-hydrogen) atoms. The Balaban J connectivity index is 2.80. The van der Waals surface area contributed by atoms with Crippen LogP contribution in [0.5, 0.6) is 11.5 Å². The molecular weight excluding hydrogens is 338 g/mol. The zero-order chi connectivity index (χ0) is 15.8. The van der Waals surface area contributed by atoms with Crippen molar-refractivity contribution < 1.29 is 19.1 Å². The van der Waals surface area contributed by atoms with Gasteiger partial charge in [0.15, 0.2) is 23.9 Å². The van der Waals surface area contributed by atoms with Gasteiger partial charge >= 0.3 is 0 Å². The van der Waals surface area contributed by atoms with Crippen LogP contribution in [-0.4, -0.2) is 48.7 Å². The van der Waals surface area contributed by atoms with E-state index in [9.17, 15) is 9.59 Å². The number of methoxy groups -OCH3 is 1. The predicted molar refractivity (Wildman–Crippen MR) is 84.5 cm³/mol. The van der Waals surface area contributed by atoms with Gasteiger partial charge in [-0.25, -0.2) is 0 Å². The summed E-state index contributed by atoms with van der Waals surface area (Å²) in [6.07, 6.45) is 0. The number of amides is 1. The van der Waals surface area contributed by atoms with Gasteiger partial charge in [0, 0.05) is 18.7 Å². The third-order valence-corrected chi connectivity index (χ3v) is 3.58.